The zero-order valence-electron chi connectivity index (χ0n) is 18.1. The van der Waals surface area contributed by atoms with Gasteiger partial charge in [0.1, 0.15) is 0 Å². The van der Waals surface area contributed by atoms with E-state index >= 15 is 0 Å². The van der Waals surface area contributed by atoms with Gasteiger partial charge in [-0.3, -0.25) is 4.79 Å². The highest BCUT2D eigenvalue weighted by atomic mass is 32.2. The maximum Gasteiger partial charge on any atom is 0.256 e. The summed E-state index contributed by atoms with van der Waals surface area (Å²) in [6.45, 7) is 1.83. The molecule has 1 atom stereocenters. The lowest BCUT2D eigenvalue weighted by Gasteiger charge is -2.13. The van der Waals surface area contributed by atoms with Crippen molar-refractivity contribution >= 4 is 55.6 Å². The van der Waals surface area contributed by atoms with Crippen LogP contribution in [0.4, 0.5) is 5.69 Å². The zero-order valence-corrected chi connectivity index (χ0v) is 20.6. The summed E-state index contributed by atoms with van der Waals surface area (Å²) >= 11 is 3.10. The number of pyridine rings is 1. The van der Waals surface area contributed by atoms with Crippen molar-refractivity contribution in [3.63, 3.8) is 0 Å². The summed E-state index contributed by atoms with van der Waals surface area (Å²) in [5.74, 6) is -0.0680. The van der Waals surface area contributed by atoms with E-state index in [-0.39, 0.29) is 23.5 Å². The molecule has 3 aromatic heterocycles. The van der Waals surface area contributed by atoms with Crippen LogP contribution in [0.15, 0.2) is 52.7 Å². The number of thioether (sulfide) groups is 1. The number of hydrogen-bond donors (Lipinski definition) is 1. The number of carbonyl (C=O) groups is 1. The third kappa shape index (κ3) is 4.18. The Balaban J connectivity index is 1.67. The Hall–Kier alpha value is -2.69. The molecule has 4 aromatic rings. The van der Waals surface area contributed by atoms with E-state index in [0.717, 1.165) is 15.5 Å². The van der Waals surface area contributed by atoms with Crippen LogP contribution in [0.1, 0.15) is 28.5 Å². The first-order valence-corrected chi connectivity index (χ1v) is 14.4. The molecule has 7 nitrogen and oxygen atoms in total. The Morgan fingerprint density at radius 3 is 2.76 bits per heavy atom. The number of thiophene rings is 1. The van der Waals surface area contributed by atoms with Gasteiger partial charge in [-0.15, -0.1) is 23.1 Å². The molecule has 0 bridgehead atoms. The Morgan fingerprint density at radius 1 is 1.24 bits per heavy atom. The lowest BCUT2D eigenvalue weighted by molar-refractivity contribution is 0.102. The number of benzene rings is 1. The first-order chi connectivity index (χ1) is 15.9. The Bertz CT molecular complexity index is 1460. The fraction of sp³-hybridized carbons (Fsp3) is 0.261. The maximum absolute atomic E-state index is 13.5. The summed E-state index contributed by atoms with van der Waals surface area (Å²) < 4.78 is 26.0. The highest BCUT2D eigenvalue weighted by Crippen LogP contribution is 2.34. The number of nitrogens with one attached hydrogen (secondary N) is 1. The highest BCUT2D eigenvalue weighted by Gasteiger charge is 2.32. The van der Waals surface area contributed by atoms with E-state index in [1.807, 2.05) is 55.0 Å². The van der Waals surface area contributed by atoms with Crippen LogP contribution in [0.2, 0.25) is 0 Å². The van der Waals surface area contributed by atoms with Crippen molar-refractivity contribution in [2.24, 2.45) is 0 Å². The number of para-hydroxylation sites is 1. The van der Waals surface area contributed by atoms with Gasteiger partial charge in [-0.2, -0.15) is 5.10 Å². The fourth-order valence-corrected chi connectivity index (χ4v) is 7.13. The molecule has 0 saturated carbocycles. The number of sulfone groups is 1. The minimum atomic E-state index is -3.10. The van der Waals surface area contributed by atoms with E-state index in [2.05, 4.69) is 10.4 Å². The molecule has 0 spiro atoms. The topological polar surface area (TPSA) is 93.9 Å². The standard InChI is InChI=1S/C23H22N4O3S3/c1-14-21-16(23(28)25-17-6-3-4-7-19(17)31-2)12-18(20-8-5-10-32-20)24-22(21)27(26-14)15-9-11-33(29,30)13-15/h3-8,10,12,15H,9,11,13H2,1-2H3,(H,25,28). The second-order valence-electron chi connectivity index (χ2n) is 7.97. The van der Waals surface area contributed by atoms with E-state index in [9.17, 15) is 13.2 Å². The van der Waals surface area contributed by atoms with Crippen LogP contribution in [-0.2, 0) is 9.84 Å². The number of amides is 1. The highest BCUT2D eigenvalue weighted by molar-refractivity contribution is 7.98. The summed E-state index contributed by atoms with van der Waals surface area (Å²) in [5, 5.41) is 10.3. The largest absolute Gasteiger partial charge is 0.321 e. The van der Waals surface area contributed by atoms with Gasteiger partial charge in [0.15, 0.2) is 15.5 Å². The quantitative estimate of drug-likeness (QED) is 0.397. The van der Waals surface area contributed by atoms with Gasteiger partial charge >= 0.3 is 0 Å². The first kappa shape index (κ1) is 22.1. The fourth-order valence-electron chi connectivity index (χ4n) is 4.20. The van der Waals surface area contributed by atoms with Gasteiger partial charge in [0, 0.05) is 4.90 Å². The molecule has 1 amide bonds. The van der Waals surface area contributed by atoms with Gasteiger partial charge in [0.25, 0.3) is 5.91 Å². The van der Waals surface area contributed by atoms with Gasteiger partial charge in [-0.05, 0) is 49.2 Å². The van der Waals surface area contributed by atoms with E-state index in [4.69, 9.17) is 4.98 Å². The van der Waals surface area contributed by atoms with Gasteiger partial charge in [-0.1, -0.05) is 18.2 Å². The molecule has 4 heterocycles. The zero-order chi connectivity index (χ0) is 23.2. The van der Waals surface area contributed by atoms with Crippen LogP contribution in [0.5, 0.6) is 0 Å². The second-order valence-corrected chi connectivity index (χ2v) is 12.0. The number of aromatic nitrogens is 3. The molecule has 170 valence electrons. The number of aryl methyl sites for hydroxylation is 1. The molecular weight excluding hydrogens is 476 g/mol. The van der Waals surface area contributed by atoms with Crippen LogP contribution >= 0.6 is 23.1 Å². The van der Waals surface area contributed by atoms with Crippen LogP contribution in [0.3, 0.4) is 0 Å². The van der Waals surface area contributed by atoms with Gasteiger partial charge in [0.05, 0.1) is 50.4 Å². The third-order valence-electron chi connectivity index (χ3n) is 5.76. The molecule has 33 heavy (non-hydrogen) atoms. The maximum atomic E-state index is 13.5. The number of carbonyl (C=O) groups excluding carboxylic acids is 1. The molecule has 1 aromatic carbocycles. The van der Waals surface area contributed by atoms with E-state index in [1.165, 1.54) is 11.3 Å². The Labute approximate surface area is 200 Å². The molecule has 1 aliphatic heterocycles. The number of hydrogen-bond acceptors (Lipinski definition) is 7. The van der Waals surface area contributed by atoms with Crippen molar-refractivity contribution in [2.45, 2.75) is 24.3 Å². The number of nitrogens with zero attached hydrogens (tertiary/aromatic N) is 3. The average Bonchev–Trinajstić information content (AvgIpc) is 3.53. The van der Waals surface area contributed by atoms with Crippen molar-refractivity contribution in [2.75, 3.05) is 23.1 Å². The molecule has 1 unspecified atom stereocenters. The van der Waals surface area contributed by atoms with Crippen LogP contribution in [0.25, 0.3) is 21.6 Å². The number of anilines is 1. The van der Waals surface area contributed by atoms with E-state index < -0.39 is 9.84 Å². The predicted octanol–water partition coefficient (Wildman–Crippen LogP) is 4.80. The summed E-state index contributed by atoms with van der Waals surface area (Å²) in [6, 6.07) is 13.1. The van der Waals surface area contributed by atoms with Crippen LogP contribution in [0, 0.1) is 6.92 Å². The minimum absolute atomic E-state index is 0.0385. The molecule has 1 N–H and O–H groups in total. The summed E-state index contributed by atoms with van der Waals surface area (Å²) in [7, 11) is -3.10. The first-order valence-electron chi connectivity index (χ1n) is 10.4. The smallest absolute Gasteiger partial charge is 0.256 e. The van der Waals surface area contributed by atoms with Gasteiger partial charge in [-0.25, -0.2) is 18.1 Å². The third-order valence-corrected chi connectivity index (χ3v) is 9.20. The Kier molecular flexibility index (Phi) is 5.75. The molecule has 5 rings (SSSR count). The van der Waals surface area contributed by atoms with Crippen molar-refractivity contribution in [1.82, 2.24) is 14.8 Å². The van der Waals surface area contributed by atoms with Crippen LogP contribution in [-0.4, -0.2) is 46.9 Å². The molecule has 10 heteroatoms. The lowest BCUT2D eigenvalue weighted by atomic mass is 10.1. The number of fused-ring (bicyclic) bond motifs is 1. The predicted molar refractivity (Wildman–Crippen MR) is 134 cm³/mol. The summed E-state index contributed by atoms with van der Waals surface area (Å²) in [6.07, 6.45) is 2.46. The summed E-state index contributed by atoms with van der Waals surface area (Å²) in [4.78, 5) is 20.3. The van der Waals surface area contributed by atoms with E-state index in [0.29, 0.717) is 34.4 Å². The Morgan fingerprint density at radius 2 is 2.06 bits per heavy atom. The van der Waals surface area contributed by atoms with Crippen LogP contribution < -0.4 is 5.32 Å². The molecular formula is C23H22N4O3S3. The molecule has 1 fully saturated rings. The molecule has 0 radical (unpaired) electrons. The van der Waals surface area contributed by atoms with Gasteiger partial charge < -0.3 is 5.32 Å². The second kappa shape index (κ2) is 8.58. The lowest BCUT2D eigenvalue weighted by Crippen LogP contribution is -2.15. The summed E-state index contributed by atoms with van der Waals surface area (Å²) in [5.41, 5.74) is 3.09. The normalized spacial score (nSPS) is 17.5. The molecule has 1 aliphatic rings. The molecule has 0 aliphatic carbocycles. The number of rotatable bonds is 5. The average molecular weight is 499 g/mol. The van der Waals surface area contributed by atoms with Crippen molar-refractivity contribution in [3.8, 4) is 10.6 Å². The van der Waals surface area contributed by atoms with E-state index in [1.54, 1.807) is 22.5 Å². The monoisotopic (exact) mass is 498 g/mol. The van der Waals surface area contributed by atoms with Crippen molar-refractivity contribution < 1.29 is 13.2 Å². The SMILES string of the molecule is CSc1ccccc1NC(=O)c1cc(-c2cccs2)nc2c1c(C)nn2C1CCS(=O)(=O)C1. The molecule has 1 saturated heterocycles. The van der Waals surface area contributed by atoms with Crippen molar-refractivity contribution in [1.29, 1.82) is 0 Å². The minimum Gasteiger partial charge on any atom is -0.321 e. The van der Waals surface area contributed by atoms with Gasteiger partial charge in [0.2, 0.25) is 0 Å². The van der Waals surface area contributed by atoms with Crippen molar-refractivity contribution in [3.05, 3.63) is 59.1 Å².